The van der Waals surface area contributed by atoms with Crippen molar-refractivity contribution in [2.45, 2.75) is 56.7 Å². The molecule has 2 aliphatic carbocycles. The molecule has 3 rings (SSSR count). The smallest absolute Gasteiger partial charge is 0.337 e. The van der Waals surface area contributed by atoms with E-state index in [4.69, 9.17) is 9.47 Å². The molecule has 5 unspecified atom stereocenters. The molecule has 0 aromatic rings. The molecule has 5 atom stereocenters. The first-order valence-corrected chi connectivity index (χ1v) is 7.44. The minimum Gasteiger partial charge on any atom is -0.425 e. The first kappa shape index (κ1) is 15.7. The molecule has 0 radical (unpaired) electrons. The monoisotopic (exact) mass is 310 g/mol. The van der Waals surface area contributed by atoms with Crippen LogP contribution in [0.3, 0.4) is 0 Å². The Bertz CT molecular complexity index is 604. The Kier molecular flexibility index (Phi) is 3.14. The van der Waals surface area contributed by atoms with Gasteiger partial charge in [-0.05, 0) is 31.4 Å². The zero-order valence-corrected chi connectivity index (χ0v) is 13.2. The number of esters is 1. The lowest BCUT2D eigenvalue weighted by atomic mass is 9.79. The highest BCUT2D eigenvalue weighted by Crippen LogP contribution is 2.54. The van der Waals surface area contributed by atoms with E-state index in [0.717, 1.165) is 0 Å². The van der Waals surface area contributed by atoms with Gasteiger partial charge in [0.2, 0.25) is 5.79 Å². The van der Waals surface area contributed by atoms with Crippen molar-refractivity contribution < 1.29 is 29.6 Å². The summed E-state index contributed by atoms with van der Waals surface area (Å²) in [5.41, 5.74) is -1.72. The third-order valence-corrected chi connectivity index (χ3v) is 5.43. The molecule has 1 saturated carbocycles. The second-order valence-corrected chi connectivity index (χ2v) is 6.87. The van der Waals surface area contributed by atoms with Gasteiger partial charge in [0.15, 0.2) is 0 Å². The number of carbonyl (C=O) groups excluding carboxylic acids is 1. The van der Waals surface area contributed by atoms with E-state index in [1.54, 1.807) is 26.8 Å². The van der Waals surface area contributed by atoms with Crippen LogP contribution in [-0.4, -0.2) is 51.5 Å². The van der Waals surface area contributed by atoms with Crippen LogP contribution in [0.5, 0.6) is 0 Å². The molecule has 6 heteroatoms. The molecule has 3 N–H and O–H groups in total. The molecule has 0 aromatic carbocycles. The Balaban J connectivity index is 2.27. The quantitative estimate of drug-likeness (QED) is 0.607. The third-order valence-electron chi connectivity index (χ3n) is 5.43. The van der Waals surface area contributed by atoms with E-state index in [2.05, 4.69) is 0 Å². The summed E-state index contributed by atoms with van der Waals surface area (Å²) >= 11 is 0. The van der Waals surface area contributed by atoms with Crippen molar-refractivity contribution in [1.82, 2.24) is 0 Å². The van der Waals surface area contributed by atoms with Crippen LogP contribution in [-0.2, 0) is 14.3 Å². The Hall–Kier alpha value is -1.21. The van der Waals surface area contributed by atoms with Gasteiger partial charge in [-0.3, -0.25) is 0 Å². The van der Waals surface area contributed by atoms with Gasteiger partial charge in [0.1, 0.15) is 5.60 Å². The van der Waals surface area contributed by atoms with Crippen LogP contribution in [0.15, 0.2) is 22.8 Å². The normalized spacial score (nSPS) is 47.8. The fourth-order valence-electron chi connectivity index (χ4n) is 4.10. The molecule has 0 amide bonds. The number of ether oxygens (including phenoxy) is 2. The summed E-state index contributed by atoms with van der Waals surface area (Å²) in [7, 11) is 1.44. The number of hydrogen-bond acceptors (Lipinski definition) is 6. The van der Waals surface area contributed by atoms with E-state index < -0.39 is 35.0 Å². The van der Waals surface area contributed by atoms with Crippen LogP contribution >= 0.6 is 0 Å². The molecular weight excluding hydrogens is 288 g/mol. The van der Waals surface area contributed by atoms with Crippen molar-refractivity contribution in [3.63, 3.8) is 0 Å². The lowest BCUT2D eigenvalue weighted by molar-refractivity contribution is -0.203. The molecular formula is C16H22O6. The lowest BCUT2D eigenvalue weighted by Gasteiger charge is -2.37. The molecule has 0 aromatic heterocycles. The summed E-state index contributed by atoms with van der Waals surface area (Å²) < 4.78 is 10.9. The predicted octanol–water partition coefficient (Wildman–Crippen LogP) is 0.415. The zero-order chi connectivity index (χ0) is 16.5. The van der Waals surface area contributed by atoms with Crippen molar-refractivity contribution in [3.8, 4) is 0 Å². The van der Waals surface area contributed by atoms with Gasteiger partial charge in [-0.15, -0.1) is 0 Å². The number of fused-ring (bicyclic) bond motifs is 2. The number of methoxy groups -OCH3 is 1. The summed E-state index contributed by atoms with van der Waals surface area (Å²) in [6.45, 7) is 4.94. The summed E-state index contributed by atoms with van der Waals surface area (Å²) in [5, 5.41) is 32.0. The minimum atomic E-state index is -1.57. The topological polar surface area (TPSA) is 96.2 Å². The van der Waals surface area contributed by atoms with Gasteiger partial charge in [-0.25, -0.2) is 4.79 Å². The highest BCUT2D eigenvalue weighted by Gasteiger charge is 2.62. The minimum absolute atomic E-state index is 0.0424. The average Bonchev–Trinajstić information content (AvgIpc) is 2.71. The van der Waals surface area contributed by atoms with E-state index in [9.17, 15) is 20.1 Å². The van der Waals surface area contributed by atoms with Gasteiger partial charge in [0.25, 0.3) is 0 Å². The van der Waals surface area contributed by atoms with Gasteiger partial charge in [0, 0.05) is 31.1 Å². The maximum atomic E-state index is 12.0. The van der Waals surface area contributed by atoms with Crippen LogP contribution in [0.4, 0.5) is 0 Å². The first-order chi connectivity index (χ1) is 10.1. The van der Waals surface area contributed by atoms with Crippen molar-refractivity contribution in [3.05, 3.63) is 22.8 Å². The molecule has 1 fully saturated rings. The second-order valence-electron chi connectivity index (χ2n) is 6.87. The molecule has 0 saturated heterocycles. The zero-order valence-electron chi connectivity index (χ0n) is 13.2. The van der Waals surface area contributed by atoms with Crippen molar-refractivity contribution in [2.75, 3.05) is 7.11 Å². The largest absolute Gasteiger partial charge is 0.425 e. The molecule has 6 nitrogen and oxygen atoms in total. The number of rotatable bonds is 1. The number of hydrogen-bond donors (Lipinski definition) is 3. The van der Waals surface area contributed by atoms with E-state index in [0.29, 0.717) is 16.7 Å². The lowest BCUT2D eigenvalue weighted by Crippen LogP contribution is -2.48. The summed E-state index contributed by atoms with van der Waals surface area (Å²) in [6.07, 6.45) is 0.726. The molecule has 1 heterocycles. The second kappa shape index (κ2) is 4.41. The molecule has 22 heavy (non-hydrogen) atoms. The van der Waals surface area contributed by atoms with E-state index in [1.807, 2.05) is 0 Å². The molecule has 0 spiro atoms. The number of aliphatic hydroxyl groups is 3. The average molecular weight is 310 g/mol. The van der Waals surface area contributed by atoms with E-state index in [1.165, 1.54) is 7.11 Å². The van der Waals surface area contributed by atoms with Gasteiger partial charge in [-0.2, -0.15) is 0 Å². The van der Waals surface area contributed by atoms with Crippen LogP contribution < -0.4 is 0 Å². The Morgan fingerprint density at radius 2 is 2.00 bits per heavy atom. The van der Waals surface area contributed by atoms with E-state index in [-0.39, 0.29) is 12.8 Å². The SMILES string of the molecule is COC12CC(C)C3(O)C(=CC1=C(C)C(=O)O2)C(C)(O)CC3O. The highest BCUT2D eigenvalue weighted by molar-refractivity contribution is 5.93. The first-order valence-electron chi connectivity index (χ1n) is 7.44. The fourth-order valence-corrected chi connectivity index (χ4v) is 4.10. The molecule has 1 aliphatic heterocycles. The summed E-state index contributed by atoms with van der Waals surface area (Å²) in [4.78, 5) is 12.0. The highest BCUT2D eigenvalue weighted by atomic mass is 16.7. The number of carbonyl (C=O) groups is 1. The van der Waals surface area contributed by atoms with Crippen molar-refractivity contribution in [2.24, 2.45) is 5.92 Å². The molecule has 122 valence electrons. The van der Waals surface area contributed by atoms with Gasteiger partial charge in [-0.1, -0.05) is 6.92 Å². The van der Waals surface area contributed by atoms with Crippen molar-refractivity contribution in [1.29, 1.82) is 0 Å². The standard InChI is InChI=1S/C16H22O6/c1-8-6-15(21-4)10(9(2)13(18)22-15)5-11-14(3,19)7-12(17)16(8,11)20/h5,8,12,17,19-20H,6-7H2,1-4H3. The van der Waals surface area contributed by atoms with Crippen LogP contribution in [0, 0.1) is 5.92 Å². The Morgan fingerprint density at radius 3 is 2.59 bits per heavy atom. The van der Waals surface area contributed by atoms with E-state index >= 15 is 0 Å². The summed E-state index contributed by atoms with van der Waals surface area (Å²) in [5.74, 6) is -2.22. The predicted molar refractivity (Wildman–Crippen MR) is 76.6 cm³/mol. The van der Waals surface area contributed by atoms with Gasteiger partial charge >= 0.3 is 5.97 Å². The van der Waals surface area contributed by atoms with Crippen LogP contribution in [0.1, 0.15) is 33.6 Å². The Labute approximate surface area is 129 Å². The Morgan fingerprint density at radius 1 is 1.36 bits per heavy atom. The fraction of sp³-hybridized carbons (Fsp3) is 0.688. The van der Waals surface area contributed by atoms with Gasteiger partial charge in [0.05, 0.1) is 11.7 Å². The maximum absolute atomic E-state index is 12.0. The van der Waals surface area contributed by atoms with Crippen LogP contribution in [0.2, 0.25) is 0 Å². The van der Waals surface area contributed by atoms with Crippen molar-refractivity contribution >= 4 is 5.97 Å². The number of aliphatic hydroxyl groups excluding tert-OH is 1. The molecule has 0 bridgehead atoms. The van der Waals surface area contributed by atoms with Gasteiger partial charge < -0.3 is 24.8 Å². The van der Waals surface area contributed by atoms with Crippen LogP contribution in [0.25, 0.3) is 0 Å². The third kappa shape index (κ3) is 1.72. The summed E-state index contributed by atoms with van der Waals surface area (Å²) in [6, 6.07) is 0. The molecule has 3 aliphatic rings. The maximum Gasteiger partial charge on any atom is 0.337 e.